The molecule has 1 aliphatic rings. The van der Waals surface area contributed by atoms with Crippen LogP contribution in [0.1, 0.15) is 39.7 Å². The molecule has 0 bridgehead atoms. The number of aryl methyl sites for hydroxylation is 1. The number of aromatic nitrogens is 3. The summed E-state index contributed by atoms with van der Waals surface area (Å²) in [4.78, 5) is 27.2. The molecule has 1 unspecified atom stereocenters. The second-order valence-corrected chi connectivity index (χ2v) is 8.37. The normalized spacial score (nSPS) is 20.6. The van der Waals surface area contributed by atoms with E-state index in [9.17, 15) is 9.59 Å². The van der Waals surface area contributed by atoms with E-state index >= 15 is 0 Å². The maximum atomic E-state index is 13.2. The van der Waals surface area contributed by atoms with Crippen LogP contribution in [0.15, 0.2) is 41.5 Å². The molecule has 0 N–H and O–H groups in total. The van der Waals surface area contributed by atoms with Crippen LogP contribution in [0.3, 0.4) is 0 Å². The number of hydrogen-bond acceptors (Lipinski definition) is 4. The van der Waals surface area contributed by atoms with Crippen LogP contribution in [0.25, 0.3) is 0 Å². The van der Waals surface area contributed by atoms with E-state index in [-0.39, 0.29) is 29.8 Å². The van der Waals surface area contributed by atoms with Crippen molar-refractivity contribution in [1.82, 2.24) is 19.2 Å². The van der Waals surface area contributed by atoms with Crippen molar-refractivity contribution in [2.75, 3.05) is 0 Å². The second kappa shape index (κ2) is 6.96. The summed E-state index contributed by atoms with van der Waals surface area (Å²) in [5.74, 6) is -0.140. The van der Waals surface area contributed by atoms with Gasteiger partial charge in [-0.05, 0) is 39.7 Å². The maximum Gasteiger partial charge on any atom is 0.345 e. The zero-order chi connectivity index (χ0) is 19.8. The van der Waals surface area contributed by atoms with Crippen LogP contribution in [-0.4, -0.2) is 42.4 Å². The minimum absolute atomic E-state index is 0.0838. The predicted octanol–water partition coefficient (Wildman–Crippen LogP) is 1.96. The van der Waals surface area contributed by atoms with Gasteiger partial charge >= 0.3 is 5.69 Å². The molecular weight excluding hydrogens is 344 g/mol. The van der Waals surface area contributed by atoms with Crippen molar-refractivity contribution in [2.24, 2.45) is 7.05 Å². The molecule has 2 heterocycles. The number of nitrogens with zero attached hydrogens (tertiary/aromatic N) is 4. The molecule has 0 spiro atoms. The lowest BCUT2D eigenvalue weighted by Gasteiger charge is -2.36. The minimum Gasteiger partial charge on any atom is -0.367 e. The maximum absolute atomic E-state index is 13.2. The Hall–Kier alpha value is -2.41. The van der Waals surface area contributed by atoms with Crippen molar-refractivity contribution in [1.29, 1.82) is 0 Å². The van der Waals surface area contributed by atoms with Gasteiger partial charge in [-0.1, -0.05) is 30.3 Å². The van der Waals surface area contributed by atoms with Gasteiger partial charge in [0.1, 0.15) is 12.9 Å². The van der Waals surface area contributed by atoms with E-state index in [0.717, 1.165) is 12.0 Å². The van der Waals surface area contributed by atoms with Crippen LogP contribution in [-0.2, 0) is 29.7 Å². The van der Waals surface area contributed by atoms with Crippen LogP contribution in [0.4, 0.5) is 0 Å². The Balaban J connectivity index is 1.91. The van der Waals surface area contributed by atoms with Crippen molar-refractivity contribution < 1.29 is 9.53 Å². The molecule has 27 heavy (non-hydrogen) atoms. The van der Waals surface area contributed by atoms with Crippen molar-refractivity contribution in [3.8, 4) is 0 Å². The fraction of sp³-hybridized carbons (Fsp3) is 0.550. The monoisotopic (exact) mass is 372 g/mol. The average Bonchev–Trinajstić information content (AvgIpc) is 3.01. The van der Waals surface area contributed by atoms with Gasteiger partial charge in [0, 0.05) is 13.6 Å². The largest absolute Gasteiger partial charge is 0.367 e. The second-order valence-electron chi connectivity index (χ2n) is 8.37. The number of hydrogen-bond donors (Lipinski definition) is 0. The van der Waals surface area contributed by atoms with Crippen molar-refractivity contribution in [3.05, 3.63) is 52.7 Å². The van der Waals surface area contributed by atoms with E-state index < -0.39 is 5.60 Å². The van der Waals surface area contributed by atoms with E-state index in [4.69, 9.17) is 4.74 Å². The molecule has 0 saturated carbocycles. The SMILES string of the molecule is Cn1cnn(CC(=O)N(Cc2ccccc2)C2CC(C)(C)OC2(C)C)c1=O. The molecule has 1 amide bonds. The third-order valence-electron chi connectivity index (χ3n) is 5.09. The van der Waals surface area contributed by atoms with Crippen LogP contribution in [0, 0.1) is 0 Å². The van der Waals surface area contributed by atoms with Gasteiger partial charge in [0.15, 0.2) is 0 Å². The highest BCUT2D eigenvalue weighted by Gasteiger charge is 2.49. The first-order chi connectivity index (χ1) is 12.6. The molecule has 1 aromatic carbocycles. The van der Waals surface area contributed by atoms with E-state index in [2.05, 4.69) is 5.10 Å². The van der Waals surface area contributed by atoms with E-state index in [1.165, 1.54) is 15.6 Å². The fourth-order valence-corrected chi connectivity index (χ4v) is 3.92. The van der Waals surface area contributed by atoms with Gasteiger partial charge in [0.2, 0.25) is 5.91 Å². The molecule has 146 valence electrons. The summed E-state index contributed by atoms with van der Waals surface area (Å²) in [6.07, 6.45) is 2.15. The van der Waals surface area contributed by atoms with E-state index in [1.807, 2.05) is 62.9 Å². The number of rotatable bonds is 5. The Bertz CT molecular complexity index is 867. The molecule has 1 aliphatic heterocycles. The Morgan fingerprint density at radius 2 is 1.93 bits per heavy atom. The summed E-state index contributed by atoms with van der Waals surface area (Å²) in [5.41, 5.74) is -0.0566. The Labute approximate surface area is 159 Å². The lowest BCUT2D eigenvalue weighted by molar-refractivity contribution is -0.140. The number of carbonyl (C=O) groups is 1. The van der Waals surface area contributed by atoms with Gasteiger partial charge in [0.05, 0.1) is 17.2 Å². The van der Waals surface area contributed by atoms with Crippen molar-refractivity contribution in [3.63, 3.8) is 0 Å². The zero-order valence-electron chi connectivity index (χ0n) is 16.7. The molecule has 1 aromatic heterocycles. The summed E-state index contributed by atoms with van der Waals surface area (Å²) in [7, 11) is 1.62. The highest BCUT2D eigenvalue weighted by atomic mass is 16.5. The molecule has 0 radical (unpaired) electrons. The first-order valence-corrected chi connectivity index (χ1v) is 9.21. The number of ether oxygens (including phenoxy) is 1. The molecule has 1 saturated heterocycles. The van der Waals surface area contributed by atoms with Gasteiger partial charge in [-0.25, -0.2) is 9.48 Å². The summed E-state index contributed by atoms with van der Waals surface area (Å²) < 4.78 is 8.78. The highest BCUT2D eigenvalue weighted by molar-refractivity contribution is 5.76. The lowest BCUT2D eigenvalue weighted by Crippen LogP contribution is -2.50. The summed E-state index contributed by atoms with van der Waals surface area (Å²) in [6, 6.07) is 9.78. The van der Waals surface area contributed by atoms with Gasteiger partial charge in [-0.15, -0.1) is 0 Å². The number of benzene rings is 1. The molecule has 3 rings (SSSR count). The van der Waals surface area contributed by atoms with Crippen molar-refractivity contribution in [2.45, 2.75) is 64.4 Å². The van der Waals surface area contributed by atoms with Crippen LogP contribution in [0.5, 0.6) is 0 Å². The molecular formula is C20H28N4O3. The smallest absolute Gasteiger partial charge is 0.345 e. The van der Waals surface area contributed by atoms with Crippen LogP contribution < -0.4 is 5.69 Å². The molecule has 7 nitrogen and oxygen atoms in total. The van der Waals surface area contributed by atoms with Gasteiger partial charge in [-0.2, -0.15) is 5.10 Å². The molecule has 1 atom stereocenters. The standard InChI is InChI=1S/C20H28N4O3/c1-19(2)11-16(20(3,4)27-19)23(12-15-9-7-6-8-10-15)17(25)13-24-18(26)22(5)14-21-24/h6-10,14,16H,11-13H2,1-5H3. The van der Waals surface area contributed by atoms with Gasteiger partial charge < -0.3 is 9.64 Å². The van der Waals surface area contributed by atoms with E-state index in [1.54, 1.807) is 7.05 Å². The van der Waals surface area contributed by atoms with Crippen LogP contribution in [0.2, 0.25) is 0 Å². The predicted molar refractivity (Wildman–Crippen MR) is 102 cm³/mol. The quantitative estimate of drug-likeness (QED) is 0.804. The highest BCUT2D eigenvalue weighted by Crippen LogP contribution is 2.40. The first-order valence-electron chi connectivity index (χ1n) is 9.21. The summed E-state index contributed by atoms with van der Waals surface area (Å²) in [6.45, 7) is 8.51. The Morgan fingerprint density at radius 1 is 1.26 bits per heavy atom. The first kappa shape index (κ1) is 19.4. The molecule has 0 aliphatic carbocycles. The topological polar surface area (TPSA) is 69.4 Å². The van der Waals surface area contributed by atoms with Crippen molar-refractivity contribution >= 4 is 5.91 Å². The van der Waals surface area contributed by atoms with E-state index in [0.29, 0.717) is 6.54 Å². The summed E-state index contributed by atoms with van der Waals surface area (Å²) >= 11 is 0. The molecule has 1 fully saturated rings. The number of amides is 1. The lowest BCUT2D eigenvalue weighted by atomic mass is 9.92. The molecule has 7 heteroatoms. The summed E-state index contributed by atoms with van der Waals surface area (Å²) in [5, 5.41) is 4.02. The number of carbonyl (C=O) groups excluding carboxylic acids is 1. The Kier molecular flexibility index (Phi) is 4.99. The Morgan fingerprint density at radius 3 is 2.44 bits per heavy atom. The molecule has 2 aromatic rings. The zero-order valence-corrected chi connectivity index (χ0v) is 16.7. The third kappa shape index (κ3) is 4.13. The third-order valence-corrected chi connectivity index (χ3v) is 5.09. The fourth-order valence-electron chi connectivity index (χ4n) is 3.92. The van der Waals surface area contributed by atoms with Gasteiger partial charge in [0.25, 0.3) is 0 Å². The average molecular weight is 372 g/mol. The van der Waals surface area contributed by atoms with Crippen LogP contribution >= 0.6 is 0 Å². The van der Waals surface area contributed by atoms with Gasteiger partial charge in [-0.3, -0.25) is 9.36 Å². The minimum atomic E-state index is -0.483.